The Balaban J connectivity index is 1.10. The molecule has 2 spiro atoms. The zero-order valence-corrected chi connectivity index (χ0v) is 45.1. The van der Waals surface area contributed by atoms with Crippen molar-refractivity contribution in [2.75, 3.05) is 57.7 Å². The van der Waals surface area contributed by atoms with E-state index >= 15 is 0 Å². The van der Waals surface area contributed by atoms with Gasteiger partial charge >= 0.3 is 6.09 Å². The molecule has 6 aliphatic heterocycles. The number of phenols is 3. The number of amides is 2. The Bertz CT molecular complexity index is 2610. The molecule has 400 valence electrons. The molecule has 15 heteroatoms. The van der Waals surface area contributed by atoms with E-state index in [2.05, 4.69) is 35.9 Å². The van der Waals surface area contributed by atoms with Crippen LogP contribution in [0.25, 0.3) is 10.8 Å². The van der Waals surface area contributed by atoms with Crippen LogP contribution in [0.5, 0.6) is 17.2 Å². The molecule has 5 unspecified atom stereocenters. The molecular weight excluding hydrogens is 925 g/mol. The smallest absolute Gasteiger partial charge is 0.410 e. The maximum Gasteiger partial charge on any atom is 0.410 e. The fraction of sp³-hybridized carbons (Fsp3) is 0.672. The lowest BCUT2D eigenvalue weighted by atomic mass is 9.80. The van der Waals surface area contributed by atoms with Crippen molar-refractivity contribution in [3.8, 4) is 17.2 Å². The highest BCUT2D eigenvalue weighted by molar-refractivity contribution is 6.17. The molecular formula is C58H84N6O9. The number of ether oxygens (including phenoxy) is 2. The number of fused-ring (bicyclic) bond motifs is 15. The zero-order chi connectivity index (χ0) is 52.5. The first-order chi connectivity index (χ1) is 34.7. The van der Waals surface area contributed by atoms with Crippen molar-refractivity contribution in [3.05, 3.63) is 58.0 Å². The Labute approximate surface area is 432 Å². The molecule has 4 bridgehead atoms. The topological polar surface area (TPSA) is 197 Å². The van der Waals surface area contributed by atoms with Crippen LogP contribution < -0.4 is 16.0 Å². The number of aliphatic hydroxyl groups excluding tert-OH is 1. The average molecular weight is 1010 g/mol. The van der Waals surface area contributed by atoms with Crippen LogP contribution in [-0.2, 0) is 14.3 Å². The predicted molar refractivity (Wildman–Crippen MR) is 283 cm³/mol. The number of carbonyl (C=O) groups excluding carboxylic acids is 3. The highest BCUT2D eigenvalue weighted by Crippen LogP contribution is 2.46. The molecule has 5 N–H and O–H groups in total. The molecule has 73 heavy (non-hydrogen) atoms. The van der Waals surface area contributed by atoms with Gasteiger partial charge in [-0.2, -0.15) is 0 Å². The Hall–Kier alpha value is -4.99. The number of benzene rings is 2. The molecule has 1 aliphatic carbocycles. The monoisotopic (exact) mass is 1010 g/mol. The van der Waals surface area contributed by atoms with E-state index < -0.39 is 58.8 Å². The summed E-state index contributed by atoms with van der Waals surface area (Å²) in [5, 5.41) is 50.8. The van der Waals surface area contributed by atoms with Gasteiger partial charge in [-0.15, -0.1) is 0 Å². The molecule has 4 fully saturated rings. The van der Waals surface area contributed by atoms with Crippen LogP contribution in [0.2, 0.25) is 0 Å². The number of aromatic hydroxyl groups is 3. The lowest BCUT2D eigenvalue weighted by Gasteiger charge is -2.36. The molecule has 2 amide bonds. The number of hydrogen-bond donors (Lipinski definition) is 5. The van der Waals surface area contributed by atoms with Crippen molar-refractivity contribution in [3.63, 3.8) is 0 Å². The molecule has 0 aromatic heterocycles. The van der Waals surface area contributed by atoms with E-state index in [9.17, 15) is 34.8 Å². The Morgan fingerprint density at radius 1 is 0.863 bits per heavy atom. The van der Waals surface area contributed by atoms with Gasteiger partial charge in [0, 0.05) is 86.5 Å². The standard InChI is InChI=1S/C58H84N6O9/c1-34(2)30-62-25-22-58(23-26-62)60-46-43-44-50(66)39(7)51(67)45(43)53(69)48(47(46)61-58)59-55(70)37(5)16-13-15-35(3)29-38(6)49(65)40(8)54(36(4)17-14-28-72-41(9)52(44)68)73-56(71)64-27-21-57(33-64)20-24-63(32-57)31-42-18-11-10-12-19-42/h13-16,28,34-36,38,40-42,49,54,65-67,69H,10-12,17-27,29-33H2,1-9H3,(H,59,70)/b15-13+,28-14+,37-16-/t35?,36-,38-,40-,41?,49?,54?,57?/m1/s1. The number of hydrogen-bond acceptors (Lipinski definition) is 13. The number of phenolic OH excluding ortho intramolecular Hbond substituents is 3. The first-order valence-electron chi connectivity index (χ1n) is 27.5. The fourth-order valence-corrected chi connectivity index (χ4v) is 13.0. The molecule has 0 radical (unpaired) electrons. The Morgan fingerprint density at radius 3 is 2.26 bits per heavy atom. The molecule has 9 rings (SSSR count). The lowest BCUT2D eigenvalue weighted by molar-refractivity contribution is -0.112. The van der Waals surface area contributed by atoms with Crippen LogP contribution in [0.3, 0.4) is 0 Å². The molecule has 1 saturated carbocycles. The van der Waals surface area contributed by atoms with Gasteiger partial charge in [-0.3, -0.25) is 19.6 Å². The van der Waals surface area contributed by atoms with E-state index in [-0.39, 0.29) is 67.6 Å². The number of carbonyl (C=O) groups is 3. The molecule has 3 saturated heterocycles. The predicted octanol–water partition coefficient (Wildman–Crippen LogP) is 8.69. The molecule has 2 aromatic carbocycles. The van der Waals surface area contributed by atoms with E-state index in [0.717, 1.165) is 44.9 Å². The number of nitrogens with zero attached hydrogens (tertiary/aromatic N) is 5. The van der Waals surface area contributed by atoms with E-state index in [0.29, 0.717) is 63.4 Å². The summed E-state index contributed by atoms with van der Waals surface area (Å²) < 4.78 is 12.6. The number of piperidine rings is 1. The van der Waals surface area contributed by atoms with E-state index in [4.69, 9.17) is 19.5 Å². The van der Waals surface area contributed by atoms with Gasteiger partial charge in [-0.1, -0.05) is 79.0 Å². The number of anilines is 1. The highest BCUT2D eigenvalue weighted by atomic mass is 16.6. The number of rotatable bonds is 5. The molecule has 7 aliphatic rings. The van der Waals surface area contributed by atoms with Crippen LogP contribution >= 0.6 is 0 Å². The summed E-state index contributed by atoms with van der Waals surface area (Å²) in [6.07, 6.45) is 16.5. The summed E-state index contributed by atoms with van der Waals surface area (Å²) >= 11 is 0. The highest BCUT2D eigenvalue weighted by Gasteiger charge is 2.47. The quantitative estimate of drug-likeness (QED) is 0.180. The van der Waals surface area contributed by atoms with Gasteiger partial charge in [0.05, 0.1) is 28.7 Å². The second-order valence-electron chi connectivity index (χ2n) is 23.7. The van der Waals surface area contributed by atoms with Gasteiger partial charge < -0.3 is 49.9 Å². The largest absolute Gasteiger partial charge is 0.507 e. The van der Waals surface area contributed by atoms with Gasteiger partial charge in [-0.25, -0.2) is 4.79 Å². The molecule has 15 nitrogen and oxygen atoms in total. The van der Waals surface area contributed by atoms with E-state index in [1.807, 2.05) is 37.8 Å². The van der Waals surface area contributed by atoms with Crippen molar-refractivity contribution in [2.45, 2.75) is 157 Å². The minimum Gasteiger partial charge on any atom is -0.507 e. The molecule has 2 aromatic rings. The molecule has 8 atom stereocenters. The summed E-state index contributed by atoms with van der Waals surface area (Å²) in [6.45, 7) is 23.9. The van der Waals surface area contributed by atoms with Crippen molar-refractivity contribution in [1.82, 2.24) is 14.7 Å². The van der Waals surface area contributed by atoms with Crippen LogP contribution in [0.1, 0.15) is 142 Å². The van der Waals surface area contributed by atoms with Gasteiger partial charge in [0.15, 0.2) is 17.5 Å². The Kier molecular flexibility index (Phi) is 16.7. The van der Waals surface area contributed by atoms with Crippen LogP contribution in [0.4, 0.5) is 10.5 Å². The average Bonchev–Trinajstić information content (AvgIpc) is 4.08. The SMILES string of the molecule is C/C1=C/C=C/C(C)C[C@@H](C)C(O)[C@@H](C)C(OC(=O)N2CCC3(CCN(CC4CCCCC4)C3)C2)[C@H](C)C/C=C/OC(C)C(=O)c2c(O)c(C)c(O)c3c(O)c(c4c(c23)=NC2(CCN(CC(C)C)CC2)N=4)NC1=O. The van der Waals surface area contributed by atoms with Gasteiger partial charge in [0.25, 0.3) is 5.91 Å². The number of ketones is 1. The van der Waals surface area contributed by atoms with Crippen LogP contribution in [0.15, 0.2) is 46.1 Å². The zero-order valence-electron chi connectivity index (χ0n) is 45.1. The number of likely N-dealkylation sites (tertiary alicyclic amines) is 3. The van der Waals surface area contributed by atoms with Crippen molar-refractivity contribution < 1.29 is 44.3 Å². The van der Waals surface area contributed by atoms with Gasteiger partial charge in [0.2, 0.25) is 5.78 Å². The Morgan fingerprint density at radius 2 is 1.55 bits per heavy atom. The number of allylic oxidation sites excluding steroid dienone is 4. The second kappa shape index (κ2) is 22.5. The van der Waals surface area contributed by atoms with Crippen LogP contribution in [-0.4, -0.2) is 129 Å². The minimum absolute atomic E-state index is 0.00998. The normalized spacial score (nSPS) is 31.7. The number of Topliss-reactive ketones (excluding diaryl/α,β-unsaturated/α-hetero) is 1. The number of nitrogens with one attached hydrogen (secondary N) is 1. The third-order valence-corrected chi connectivity index (χ3v) is 17.3. The second-order valence-corrected chi connectivity index (χ2v) is 23.7. The summed E-state index contributed by atoms with van der Waals surface area (Å²) in [5.41, 5.74) is -0.856. The first kappa shape index (κ1) is 54.3. The van der Waals surface area contributed by atoms with Crippen molar-refractivity contribution in [2.24, 2.45) is 50.9 Å². The van der Waals surface area contributed by atoms with Gasteiger partial charge in [-0.05, 0) is 102 Å². The van der Waals surface area contributed by atoms with E-state index in [1.54, 1.807) is 26.0 Å². The fourth-order valence-electron chi connectivity index (χ4n) is 13.0. The van der Waals surface area contributed by atoms with Crippen molar-refractivity contribution in [1.29, 1.82) is 0 Å². The van der Waals surface area contributed by atoms with Gasteiger partial charge in [0.1, 0.15) is 28.6 Å². The lowest BCUT2D eigenvalue weighted by Crippen LogP contribution is -2.43. The molecule has 6 heterocycles. The third-order valence-electron chi connectivity index (χ3n) is 17.3. The van der Waals surface area contributed by atoms with Crippen molar-refractivity contribution >= 4 is 34.2 Å². The van der Waals surface area contributed by atoms with Crippen LogP contribution in [0, 0.1) is 47.8 Å². The maximum absolute atomic E-state index is 14.7. The summed E-state index contributed by atoms with van der Waals surface area (Å²) in [5.74, 6) is -2.22. The summed E-state index contributed by atoms with van der Waals surface area (Å²) in [6, 6.07) is 0. The maximum atomic E-state index is 14.7. The van der Waals surface area contributed by atoms with E-state index in [1.165, 1.54) is 45.3 Å². The third kappa shape index (κ3) is 11.6. The summed E-state index contributed by atoms with van der Waals surface area (Å²) in [7, 11) is 0. The minimum atomic E-state index is -1.16. The number of aliphatic hydroxyl groups is 1. The first-order valence-corrected chi connectivity index (χ1v) is 27.5. The summed E-state index contributed by atoms with van der Waals surface area (Å²) in [4.78, 5) is 60.2.